The number of carbonyl (C=O) groups excluding carboxylic acids is 1. The standard InChI is InChI=1S/C14H23N3OS/c1-16(13(7-15)12-3-4-12)9-14(18)17(2)8-11-5-6-19-10-11/h5-6,10,12-13H,3-4,7-9,15H2,1-2H3. The summed E-state index contributed by atoms with van der Waals surface area (Å²) in [4.78, 5) is 16.1. The Labute approximate surface area is 119 Å². The lowest BCUT2D eigenvalue weighted by molar-refractivity contribution is -0.131. The molecule has 4 nitrogen and oxygen atoms in total. The molecular weight excluding hydrogens is 258 g/mol. The molecule has 1 saturated carbocycles. The van der Waals surface area contributed by atoms with Crippen LogP contribution in [0.1, 0.15) is 18.4 Å². The second-order valence-corrected chi connectivity index (χ2v) is 6.22. The van der Waals surface area contributed by atoms with E-state index in [1.807, 2.05) is 19.5 Å². The van der Waals surface area contributed by atoms with Crippen molar-refractivity contribution in [1.29, 1.82) is 0 Å². The van der Waals surface area contributed by atoms with Crippen LogP contribution in [0.5, 0.6) is 0 Å². The summed E-state index contributed by atoms with van der Waals surface area (Å²) in [5.41, 5.74) is 7.01. The van der Waals surface area contributed by atoms with Gasteiger partial charge < -0.3 is 10.6 Å². The van der Waals surface area contributed by atoms with E-state index < -0.39 is 0 Å². The Kier molecular flexibility index (Phi) is 4.96. The van der Waals surface area contributed by atoms with Crippen LogP contribution in [0.2, 0.25) is 0 Å². The van der Waals surface area contributed by atoms with Crippen LogP contribution in [-0.4, -0.2) is 48.9 Å². The van der Waals surface area contributed by atoms with Gasteiger partial charge in [-0.1, -0.05) is 0 Å². The van der Waals surface area contributed by atoms with Crippen LogP contribution in [0.4, 0.5) is 0 Å². The van der Waals surface area contributed by atoms with Crippen LogP contribution >= 0.6 is 11.3 Å². The summed E-state index contributed by atoms with van der Waals surface area (Å²) in [5, 5.41) is 4.12. The summed E-state index contributed by atoms with van der Waals surface area (Å²) in [6.07, 6.45) is 2.51. The third kappa shape index (κ3) is 4.03. The van der Waals surface area contributed by atoms with Crippen molar-refractivity contribution in [2.45, 2.75) is 25.4 Å². The fourth-order valence-electron chi connectivity index (χ4n) is 2.41. The summed E-state index contributed by atoms with van der Waals surface area (Å²) in [6.45, 7) is 1.79. The van der Waals surface area contributed by atoms with Crippen molar-refractivity contribution in [3.8, 4) is 0 Å². The summed E-state index contributed by atoms with van der Waals surface area (Å²) >= 11 is 1.66. The number of nitrogens with two attached hydrogens (primary N) is 1. The maximum absolute atomic E-state index is 12.2. The zero-order chi connectivity index (χ0) is 13.8. The van der Waals surface area contributed by atoms with Crippen molar-refractivity contribution in [1.82, 2.24) is 9.80 Å². The molecule has 5 heteroatoms. The highest BCUT2D eigenvalue weighted by atomic mass is 32.1. The normalized spacial score (nSPS) is 16.6. The first-order chi connectivity index (χ1) is 9.11. The third-order valence-electron chi connectivity index (χ3n) is 3.78. The van der Waals surface area contributed by atoms with Crippen molar-refractivity contribution < 1.29 is 4.79 Å². The van der Waals surface area contributed by atoms with Gasteiger partial charge in [0.2, 0.25) is 5.91 Å². The van der Waals surface area contributed by atoms with Gasteiger partial charge in [0, 0.05) is 26.2 Å². The fourth-order valence-corrected chi connectivity index (χ4v) is 3.07. The molecule has 0 radical (unpaired) electrons. The van der Waals surface area contributed by atoms with Crippen LogP contribution in [0.15, 0.2) is 16.8 Å². The van der Waals surface area contributed by atoms with E-state index in [0.29, 0.717) is 31.6 Å². The Morgan fingerprint density at radius 3 is 2.79 bits per heavy atom. The molecule has 1 aromatic heterocycles. The number of rotatable bonds is 7. The molecule has 0 saturated heterocycles. The van der Waals surface area contributed by atoms with Crippen LogP contribution < -0.4 is 5.73 Å². The van der Waals surface area contributed by atoms with Crippen molar-refractivity contribution in [3.63, 3.8) is 0 Å². The van der Waals surface area contributed by atoms with Gasteiger partial charge >= 0.3 is 0 Å². The molecule has 0 bridgehead atoms. The molecular formula is C14H23N3OS. The van der Waals surface area contributed by atoms with Gasteiger partial charge in [-0.3, -0.25) is 9.69 Å². The molecule has 1 unspecified atom stereocenters. The Balaban J connectivity index is 1.82. The number of amides is 1. The molecule has 1 fully saturated rings. The van der Waals surface area contributed by atoms with Gasteiger partial charge in [-0.2, -0.15) is 11.3 Å². The van der Waals surface area contributed by atoms with Crippen molar-refractivity contribution in [2.24, 2.45) is 11.7 Å². The summed E-state index contributed by atoms with van der Waals surface area (Å²) in [7, 11) is 3.87. The number of hydrogen-bond donors (Lipinski definition) is 1. The smallest absolute Gasteiger partial charge is 0.236 e. The van der Waals surface area contributed by atoms with Crippen molar-refractivity contribution in [3.05, 3.63) is 22.4 Å². The van der Waals surface area contributed by atoms with Gasteiger partial charge in [-0.15, -0.1) is 0 Å². The molecule has 1 aliphatic rings. The zero-order valence-electron chi connectivity index (χ0n) is 11.7. The highest BCUT2D eigenvalue weighted by Gasteiger charge is 2.33. The minimum Gasteiger partial charge on any atom is -0.340 e. The zero-order valence-corrected chi connectivity index (χ0v) is 12.5. The average molecular weight is 281 g/mol. The van der Waals surface area contributed by atoms with Gasteiger partial charge in [-0.25, -0.2) is 0 Å². The summed E-state index contributed by atoms with van der Waals surface area (Å²) < 4.78 is 0. The van der Waals surface area contributed by atoms with E-state index in [-0.39, 0.29) is 5.91 Å². The van der Waals surface area contributed by atoms with E-state index in [4.69, 9.17) is 5.73 Å². The Morgan fingerprint density at radius 2 is 2.26 bits per heavy atom. The maximum Gasteiger partial charge on any atom is 0.236 e. The molecule has 0 spiro atoms. The predicted molar refractivity (Wildman–Crippen MR) is 79.0 cm³/mol. The first-order valence-corrected chi connectivity index (χ1v) is 7.71. The van der Waals surface area contributed by atoms with Crippen LogP contribution in [-0.2, 0) is 11.3 Å². The molecule has 1 amide bonds. The van der Waals surface area contributed by atoms with Crippen molar-refractivity contribution in [2.75, 3.05) is 27.2 Å². The molecule has 106 valence electrons. The molecule has 1 aliphatic carbocycles. The second-order valence-electron chi connectivity index (χ2n) is 5.44. The van der Waals surface area contributed by atoms with Crippen LogP contribution in [0, 0.1) is 5.92 Å². The molecule has 1 aromatic rings. The number of nitrogens with zero attached hydrogens (tertiary/aromatic N) is 2. The van der Waals surface area contributed by atoms with E-state index in [1.54, 1.807) is 16.2 Å². The lowest BCUT2D eigenvalue weighted by Gasteiger charge is -2.28. The van der Waals surface area contributed by atoms with Gasteiger partial charge in [-0.05, 0) is 48.2 Å². The Hall–Kier alpha value is -0.910. The van der Waals surface area contributed by atoms with Crippen LogP contribution in [0.25, 0.3) is 0 Å². The predicted octanol–water partition coefficient (Wildman–Crippen LogP) is 1.38. The van der Waals surface area contributed by atoms with E-state index in [0.717, 1.165) is 0 Å². The Morgan fingerprint density at radius 1 is 1.53 bits per heavy atom. The summed E-state index contributed by atoms with van der Waals surface area (Å²) in [5.74, 6) is 0.859. The molecule has 1 atom stereocenters. The molecule has 19 heavy (non-hydrogen) atoms. The summed E-state index contributed by atoms with van der Waals surface area (Å²) in [6, 6.07) is 2.42. The minimum absolute atomic E-state index is 0.160. The molecule has 1 heterocycles. The average Bonchev–Trinajstić information content (AvgIpc) is 3.07. The highest BCUT2D eigenvalue weighted by Crippen LogP contribution is 2.34. The Bertz CT molecular complexity index is 403. The lowest BCUT2D eigenvalue weighted by Crippen LogP contribution is -2.45. The number of hydrogen-bond acceptors (Lipinski definition) is 4. The van der Waals surface area contributed by atoms with Crippen LogP contribution in [0.3, 0.4) is 0 Å². The van der Waals surface area contributed by atoms with E-state index in [9.17, 15) is 4.79 Å². The van der Waals surface area contributed by atoms with E-state index in [2.05, 4.69) is 16.3 Å². The van der Waals surface area contributed by atoms with Gasteiger partial charge in [0.25, 0.3) is 0 Å². The molecule has 0 aliphatic heterocycles. The maximum atomic E-state index is 12.2. The highest BCUT2D eigenvalue weighted by molar-refractivity contribution is 7.07. The molecule has 2 N–H and O–H groups in total. The molecule has 0 aromatic carbocycles. The lowest BCUT2D eigenvalue weighted by atomic mass is 10.1. The van der Waals surface area contributed by atoms with Gasteiger partial charge in [0.05, 0.1) is 6.54 Å². The number of carbonyl (C=O) groups is 1. The topological polar surface area (TPSA) is 49.6 Å². The van der Waals surface area contributed by atoms with Crippen molar-refractivity contribution >= 4 is 17.2 Å². The first kappa shape index (κ1) is 14.5. The third-order valence-corrected chi connectivity index (χ3v) is 4.52. The first-order valence-electron chi connectivity index (χ1n) is 6.77. The quantitative estimate of drug-likeness (QED) is 0.821. The number of thiophene rings is 1. The number of likely N-dealkylation sites (N-methyl/N-ethyl adjacent to an activating group) is 2. The molecule has 2 rings (SSSR count). The minimum atomic E-state index is 0.160. The fraction of sp³-hybridized carbons (Fsp3) is 0.643. The monoisotopic (exact) mass is 281 g/mol. The van der Waals surface area contributed by atoms with E-state index >= 15 is 0 Å². The largest absolute Gasteiger partial charge is 0.340 e. The van der Waals surface area contributed by atoms with Gasteiger partial charge in [0.1, 0.15) is 0 Å². The van der Waals surface area contributed by atoms with Gasteiger partial charge in [0.15, 0.2) is 0 Å². The second kappa shape index (κ2) is 6.50. The van der Waals surface area contributed by atoms with E-state index in [1.165, 1.54) is 18.4 Å². The SMILES string of the molecule is CN(Cc1ccsc1)C(=O)CN(C)C(CN)C1CC1.